The number of aromatic nitrogens is 2. The molecule has 1 N–H and O–H groups in total. The topological polar surface area (TPSA) is 55.1 Å². The molecule has 1 heterocycles. The molecule has 0 aliphatic rings. The van der Waals surface area contributed by atoms with E-state index in [9.17, 15) is 4.79 Å². The first-order valence-corrected chi connectivity index (χ1v) is 7.74. The number of fused-ring (bicyclic) bond motifs is 1. The number of hydrogen-bond donors (Lipinski definition) is 1. The van der Waals surface area contributed by atoms with Gasteiger partial charge in [-0.25, -0.2) is 9.78 Å². The van der Waals surface area contributed by atoms with Crippen molar-refractivity contribution < 1.29 is 9.90 Å². The number of hydrogen-bond acceptors (Lipinski definition) is 2. The third-order valence-electron chi connectivity index (χ3n) is 3.22. The lowest BCUT2D eigenvalue weighted by Gasteiger charge is -2.09. The molecule has 0 saturated carbocycles. The number of imidazole rings is 1. The minimum Gasteiger partial charge on any atom is -0.478 e. The van der Waals surface area contributed by atoms with E-state index in [1.807, 2.05) is 29.7 Å². The van der Waals surface area contributed by atoms with Gasteiger partial charge in [-0.2, -0.15) is 0 Å². The molecule has 0 radical (unpaired) electrons. The van der Waals surface area contributed by atoms with Gasteiger partial charge in [-0.1, -0.05) is 15.9 Å². The molecule has 21 heavy (non-hydrogen) atoms. The summed E-state index contributed by atoms with van der Waals surface area (Å²) in [5.41, 5.74) is 2.74. The first-order chi connectivity index (χ1) is 9.97. The minimum atomic E-state index is -0.950. The molecule has 1 aromatic heterocycles. The number of nitrogens with zero attached hydrogens (tertiary/aromatic N) is 2. The molecule has 0 unspecified atom stereocenters. The number of carboxylic acid groups (broad SMARTS) is 1. The summed E-state index contributed by atoms with van der Waals surface area (Å²) in [6, 6.07) is 10.9. The highest BCUT2D eigenvalue weighted by Gasteiger charge is 2.14. The molecule has 0 saturated heterocycles. The number of carbonyl (C=O) groups is 1. The molecule has 4 nitrogen and oxygen atoms in total. The van der Waals surface area contributed by atoms with Crippen molar-refractivity contribution in [1.29, 1.82) is 0 Å². The van der Waals surface area contributed by atoms with Crippen molar-refractivity contribution in [3.8, 4) is 5.69 Å². The summed E-state index contributed by atoms with van der Waals surface area (Å²) >= 11 is 6.99. The Balaban J connectivity index is 2.27. The lowest BCUT2D eigenvalue weighted by atomic mass is 10.2. The summed E-state index contributed by atoms with van der Waals surface area (Å²) in [7, 11) is 0. The summed E-state index contributed by atoms with van der Waals surface area (Å²) < 4.78 is 3.91. The number of aromatic carboxylic acids is 1. The Morgan fingerprint density at radius 3 is 2.62 bits per heavy atom. The van der Waals surface area contributed by atoms with Gasteiger partial charge in [-0.3, -0.25) is 4.57 Å². The predicted octanol–water partition coefficient (Wildman–Crippen LogP) is 4.56. The minimum absolute atomic E-state index is 0.238. The average molecular weight is 410 g/mol. The number of carboxylic acids is 1. The Morgan fingerprint density at radius 1 is 1.19 bits per heavy atom. The molecule has 0 fully saturated rings. The zero-order chi connectivity index (χ0) is 15.1. The van der Waals surface area contributed by atoms with Crippen LogP contribution in [0, 0.1) is 6.92 Å². The third kappa shape index (κ3) is 2.49. The highest BCUT2D eigenvalue weighted by Crippen LogP contribution is 2.29. The zero-order valence-corrected chi connectivity index (χ0v) is 14.1. The van der Waals surface area contributed by atoms with Crippen LogP contribution >= 0.6 is 31.9 Å². The van der Waals surface area contributed by atoms with E-state index in [0.717, 1.165) is 26.0 Å². The van der Waals surface area contributed by atoms with Crippen LogP contribution in [0.15, 0.2) is 45.3 Å². The van der Waals surface area contributed by atoms with Crippen molar-refractivity contribution in [3.63, 3.8) is 0 Å². The van der Waals surface area contributed by atoms with Crippen LogP contribution in [0.25, 0.3) is 16.7 Å². The second-order valence-electron chi connectivity index (χ2n) is 4.60. The predicted molar refractivity (Wildman–Crippen MR) is 88.2 cm³/mol. The molecule has 0 aliphatic carbocycles. The first-order valence-electron chi connectivity index (χ1n) is 6.15. The van der Waals surface area contributed by atoms with Crippen LogP contribution < -0.4 is 0 Å². The molecule has 0 atom stereocenters. The Bertz CT molecular complexity index is 871. The molecule has 6 heteroatoms. The number of rotatable bonds is 2. The van der Waals surface area contributed by atoms with Crippen molar-refractivity contribution >= 4 is 48.9 Å². The molecular formula is C15H10Br2N2O2. The van der Waals surface area contributed by atoms with E-state index in [-0.39, 0.29) is 5.56 Å². The fourth-order valence-electron chi connectivity index (χ4n) is 2.30. The second-order valence-corrected chi connectivity index (χ2v) is 6.37. The van der Waals surface area contributed by atoms with Gasteiger partial charge in [0.2, 0.25) is 0 Å². The summed E-state index contributed by atoms with van der Waals surface area (Å²) in [6.07, 6.45) is 0. The van der Waals surface area contributed by atoms with Crippen LogP contribution in [-0.4, -0.2) is 20.6 Å². The quantitative estimate of drug-likeness (QED) is 0.675. The number of aryl methyl sites for hydroxylation is 1. The highest BCUT2D eigenvalue weighted by atomic mass is 79.9. The number of halogens is 2. The fourth-order valence-corrected chi connectivity index (χ4v) is 3.52. The molecule has 2 aromatic carbocycles. The van der Waals surface area contributed by atoms with Crippen molar-refractivity contribution in [2.24, 2.45) is 0 Å². The van der Waals surface area contributed by atoms with E-state index in [0.29, 0.717) is 5.52 Å². The summed E-state index contributed by atoms with van der Waals surface area (Å²) in [5.74, 6) is -0.149. The molecule has 0 aliphatic heterocycles. The van der Waals surface area contributed by atoms with E-state index < -0.39 is 5.97 Å². The Hall–Kier alpha value is -1.66. The Kier molecular flexibility index (Phi) is 3.59. The third-order valence-corrected chi connectivity index (χ3v) is 4.35. The van der Waals surface area contributed by atoms with Crippen molar-refractivity contribution in [3.05, 3.63) is 56.7 Å². The van der Waals surface area contributed by atoms with E-state index >= 15 is 0 Å². The molecule has 0 amide bonds. The normalized spacial score (nSPS) is 11.0. The van der Waals surface area contributed by atoms with Gasteiger partial charge in [-0.05, 0) is 59.3 Å². The van der Waals surface area contributed by atoms with Crippen LogP contribution in [0.1, 0.15) is 16.2 Å². The summed E-state index contributed by atoms with van der Waals surface area (Å²) in [6.45, 7) is 1.90. The molecular weight excluding hydrogens is 400 g/mol. The molecule has 3 rings (SSSR count). The van der Waals surface area contributed by atoms with Crippen LogP contribution in [0.5, 0.6) is 0 Å². The maximum absolute atomic E-state index is 11.1. The largest absolute Gasteiger partial charge is 0.478 e. The van der Waals surface area contributed by atoms with Gasteiger partial charge in [0, 0.05) is 8.95 Å². The average Bonchev–Trinajstić information content (AvgIpc) is 2.74. The van der Waals surface area contributed by atoms with Gasteiger partial charge in [0.15, 0.2) is 0 Å². The van der Waals surface area contributed by atoms with Gasteiger partial charge in [0.05, 0.1) is 22.3 Å². The monoisotopic (exact) mass is 408 g/mol. The maximum atomic E-state index is 11.1. The molecule has 0 bridgehead atoms. The Labute approximate surface area is 137 Å². The standard InChI is InChI=1S/C15H10Br2N2O2/c1-8-18-12-6-9(15(20)21)2-4-14(12)19(8)13-5-3-10(16)7-11(13)17/h2-7H,1H3,(H,20,21). The van der Waals surface area contributed by atoms with Crippen LogP contribution in [0.2, 0.25) is 0 Å². The van der Waals surface area contributed by atoms with Crippen LogP contribution in [0.3, 0.4) is 0 Å². The molecule has 0 spiro atoms. The highest BCUT2D eigenvalue weighted by molar-refractivity contribution is 9.11. The summed E-state index contributed by atoms with van der Waals surface area (Å²) in [5, 5.41) is 9.06. The van der Waals surface area contributed by atoms with Gasteiger partial charge >= 0.3 is 5.97 Å². The van der Waals surface area contributed by atoms with Gasteiger partial charge in [0.25, 0.3) is 0 Å². The number of benzene rings is 2. The van der Waals surface area contributed by atoms with Gasteiger partial charge in [-0.15, -0.1) is 0 Å². The lowest BCUT2D eigenvalue weighted by Crippen LogP contribution is -1.99. The van der Waals surface area contributed by atoms with Crippen LogP contribution in [0.4, 0.5) is 0 Å². The molecule has 106 valence electrons. The van der Waals surface area contributed by atoms with Gasteiger partial charge < -0.3 is 5.11 Å². The van der Waals surface area contributed by atoms with Gasteiger partial charge in [0.1, 0.15) is 5.82 Å². The smallest absolute Gasteiger partial charge is 0.335 e. The van der Waals surface area contributed by atoms with Crippen molar-refractivity contribution in [2.45, 2.75) is 6.92 Å². The zero-order valence-electron chi connectivity index (χ0n) is 11.0. The van der Waals surface area contributed by atoms with E-state index in [2.05, 4.69) is 36.8 Å². The lowest BCUT2D eigenvalue weighted by molar-refractivity contribution is 0.0697. The van der Waals surface area contributed by atoms with Crippen molar-refractivity contribution in [2.75, 3.05) is 0 Å². The summed E-state index contributed by atoms with van der Waals surface area (Å²) in [4.78, 5) is 15.5. The fraction of sp³-hybridized carbons (Fsp3) is 0.0667. The van der Waals surface area contributed by atoms with E-state index in [4.69, 9.17) is 5.11 Å². The van der Waals surface area contributed by atoms with E-state index in [1.54, 1.807) is 18.2 Å². The van der Waals surface area contributed by atoms with Crippen molar-refractivity contribution in [1.82, 2.24) is 9.55 Å². The Morgan fingerprint density at radius 2 is 1.95 bits per heavy atom. The van der Waals surface area contributed by atoms with Crippen LogP contribution in [-0.2, 0) is 0 Å². The van der Waals surface area contributed by atoms with E-state index in [1.165, 1.54) is 0 Å². The second kappa shape index (κ2) is 5.27. The first kappa shape index (κ1) is 14.3. The maximum Gasteiger partial charge on any atom is 0.335 e. The molecule has 3 aromatic rings. The SMILES string of the molecule is Cc1nc2cc(C(=O)O)ccc2n1-c1ccc(Br)cc1Br.